The van der Waals surface area contributed by atoms with Gasteiger partial charge >= 0.3 is 5.97 Å². The van der Waals surface area contributed by atoms with Crippen LogP contribution in [0, 0.1) is 6.92 Å². The second-order valence-electron chi connectivity index (χ2n) is 3.92. The van der Waals surface area contributed by atoms with Gasteiger partial charge in [0.25, 0.3) is 10.0 Å². The molecule has 0 aromatic carbocycles. The first-order valence-corrected chi connectivity index (χ1v) is 8.27. The van der Waals surface area contributed by atoms with Crippen LogP contribution in [-0.2, 0) is 14.8 Å². The fraction of sp³-hybridized carbons (Fsp3) is 0.182. The Morgan fingerprint density at radius 2 is 2.10 bits per heavy atom. The standard InChI is InChI=1S/C11H10ClN3O4S2/c1-6-5-20-9(11(16)19-2)10(6)21(17,18)15-8-4-3-7(12)13-14-8/h3-5H,1-2H3,(H,14,15). The number of anilines is 1. The van der Waals surface area contributed by atoms with Gasteiger partial charge in [-0.3, -0.25) is 4.72 Å². The lowest BCUT2D eigenvalue weighted by molar-refractivity contribution is 0.0602. The first kappa shape index (κ1) is 15.7. The van der Waals surface area contributed by atoms with E-state index in [1.54, 1.807) is 12.3 Å². The molecule has 0 aliphatic rings. The number of halogens is 1. The smallest absolute Gasteiger partial charge is 0.349 e. The molecule has 0 amide bonds. The maximum absolute atomic E-state index is 12.4. The van der Waals surface area contributed by atoms with Crippen LogP contribution in [0.5, 0.6) is 0 Å². The number of ether oxygens (including phenoxy) is 1. The second kappa shape index (κ2) is 5.96. The van der Waals surface area contributed by atoms with Crippen molar-refractivity contribution in [3.05, 3.63) is 33.1 Å². The molecule has 0 unspecified atom stereocenters. The molecule has 2 aromatic rings. The minimum Gasteiger partial charge on any atom is -0.465 e. The van der Waals surface area contributed by atoms with Gasteiger partial charge in [0.05, 0.1) is 7.11 Å². The number of aromatic nitrogens is 2. The van der Waals surface area contributed by atoms with Crippen LogP contribution in [0.2, 0.25) is 5.15 Å². The van der Waals surface area contributed by atoms with Crippen molar-refractivity contribution in [2.24, 2.45) is 0 Å². The van der Waals surface area contributed by atoms with E-state index in [0.29, 0.717) is 5.56 Å². The summed E-state index contributed by atoms with van der Waals surface area (Å²) in [6.07, 6.45) is 0. The van der Waals surface area contributed by atoms with E-state index in [0.717, 1.165) is 11.3 Å². The topological polar surface area (TPSA) is 98.2 Å². The number of carbonyl (C=O) groups is 1. The molecule has 1 N–H and O–H groups in total. The van der Waals surface area contributed by atoms with E-state index in [-0.39, 0.29) is 20.7 Å². The van der Waals surface area contributed by atoms with Crippen molar-refractivity contribution < 1.29 is 17.9 Å². The zero-order valence-electron chi connectivity index (χ0n) is 11.0. The van der Waals surface area contributed by atoms with Gasteiger partial charge in [-0.25, -0.2) is 13.2 Å². The van der Waals surface area contributed by atoms with Gasteiger partial charge in [0.15, 0.2) is 11.0 Å². The Labute approximate surface area is 130 Å². The maximum Gasteiger partial charge on any atom is 0.349 e. The third kappa shape index (κ3) is 3.31. The SMILES string of the molecule is COC(=O)c1scc(C)c1S(=O)(=O)Nc1ccc(Cl)nn1. The molecule has 21 heavy (non-hydrogen) atoms. The lowest BCUT2D eigenvalue weighted by Gasteiger charge is -2.08. The molecule has 10 heteroatoms. The van der Waals surface area contributed by atoms with Crippen molar-refractivity contribution in [2.45, 2.75) is 11.8 Å². The summed E-state index contributed by atoms with van der Waals surface area (Å²) in [6.45, 7) is 1.59. The second-order valence-corrected chi connectivity index (χ2v) is 6.80. The summed E-state index contributed by atoms with van der Waals surface area (Å²) in [5.74, 6) is -0.712. The number of methoxy groups -OCH3 is 1. The van der Waals surface area contributed by atoms with E-state index >= 15 is 0 Å². The number of hydrogen-bond acceptors (Lipinski definition) is 7. The number of nitrogens with one attached hydrogen (secondary N) is 1. The molecule has 2 rings (SSSR count). The highest BCUT2D eigenvalue weighted by Gasteiger charge is 2.28. The summed E-state index contributed by atoms with van der Waals surface area (Å²) in [5.41, 5.74) is 0.440. The maximum atomic E-state index is 12.4. The molecule has 2 heterocycles. The highest BCUT2D eigenvalue weighted by atomic mass is 35.5. The number of esters is 1. The molecule has 0 spiro atoms. The molecule has 0 fully saturated rings. The van der Waals surface area contributed by atoms with E-state index in [1.165, 1.54) is 19.2 Å². The average Bonchev–Trinajstić information content (AvgIpc) is 2.83. The van der Waals surface area contributed by atoms with Crippen LogP contribution in [0.4, 0.5) is 5.82 Å². The Morgan fingerprint density at radius 1 is 1.38 bits per heavy atom. The number of carbonyl (C=O) groups excluding carboxylic acids is 1. The molecule has 0 atom stereocenters. The molecule has 0 saturated carbocycles. The van der Waals surface area contributed by atoms with Crippen LogP contribution in [0.3, 0.4) is 0 Å². The highest BCUT2D eigenvalue weighted by Crippen LogP contribution is 2.28. The van der Waals surface area contributed by atoms with Crippen molar-refractivity contribution in [3.8, 4) is 0 Å². The van der Waals surface area contributed by atoms with Crippen molar-refractivity contribution in [2.75, 3.05) is 11.8 Å². The van der Waals surface area contributed by atoms with Crippen LogP contribution in [0.1, 0.15) is 15.2 Å². The van der Waals surface area contributed by atoms with Crippen LogP contribution >= 0.6 is 22.9 Å². The fourth-order valence-electron chi connectivity index (χ4n) is 1.56. The Balaban J connectivity index is 2.42. The van der Waals surface area contributed by atoms with Gasteiger partial charge in [-0.2, -0.15) is 0 Å². The van der Waals surface area contributed by atoms with E-state index in [1.807, 2.05) is 0 Å². The Morgan fingerprint density at radius 3 is 2.67 bits per heavy atom. The number of nitrogens with zero attached hydrogens (tertiary/aromatic N) is 2. The Hall–Kier alpha value is -1.71. The molecule has 7 nitrogen and oxygen atoms in total. The zero-order valence-corrected chi connectivity index (χ0v) is 13.3. The Bertz CT molecular complexity index is 771. The normalized spacial score (nSPS) is 11.2. The van der Waals surface area contributed by atoms with Gasteiger partial charge < -0.3 is 4.74 Å². The van der Waals surface area contributed by atoms with E-state index in [2.05, 4.69) is 19.7 Å². The minimum atomic E-state index is -3.99. The predicted octanol–water partition coefficient (Wildman–Crippen LogP) is 2.09. The van der Waals surface area contributed by atoms with Gasteiger partial charge in [-0.15, -0.1) is 21.5 Å². The van der Waals surface area contributed by atoms with E-state index in [9.17, 15) is 13.2 Å². The van der Waals surface area contributed by atoms with Gasteiger partial charge in [-0.05, 0) is 30.0 Å². The van der Waals surface area contributed by atoms with Crippen molar-refractivity contribution in [3.63, 3.8) is 0 Å². The molecule has 2 aromatic heterocycles. The monoisotopic (exact) mass is 347 g/mol. The zero-order chi connectivity index (χ0) is 15.6. The molecule has 0 aliphatic heterocycles. The van der Waals surface area contributed by atoms with Gasteiger partial charge in [0, 0.05) is 0 Å². The van der Waals surface area contributed by atoms with Crippen molar-refractivity contribution in [1.29, 1.82) is 0 Å². The summed E-state index contributed by atoms with van der Waals surface area (Å²) in [5, 5.41) is 8.86. The molecule has 0 bridgehead atoms. The predicted molar refractivity (Wildman–Crippen MR) is 78.2 cm³/mol. The Kier molecular flexibility index (Phi) is 4.45. The van der Waals surface area contributed by atoms with Crippen LogP contribution in [-0.4, -0.2) is 31.7 Å². The number of rotatable bonds is 4. The summed E-state index contributed by atoms with van der Waals surface area (Å²) in [7, 11) is -2.80. The lowest BCUT2D eigenvalue weighted by atomic mass is 10.3. The van der Waals surface area contributed by atoms with E-state index in [4.69, 9.17) is 11.6 Å². The average molecular weight is 348 g/mol. The molecular weight excluding hydrogens is 338 g/mol. The van der Waals surface area contributed by atoms with Gasteiger partial charge in [0.1, 0.15) is 9.77 Å². The lowest BCUT2D eigenvalue weighted by Crippen LogP contribution is -2.17. The first-order chi connectivity index (χ1) is 9.85. The van der Waals surface area contributed by atoms with Crippen LogP contribution in [0.25, 0.3) is 0 Å². The molecule has 0 aliphatic carbocycles. The third-order valence-electron chi connectivity index (χ3n) is 2.43. The fourth-order valence-corrected chi connectivity index (χ4v) is 4.37. The quantitative estimate of drug-likeness (QED) is 0.850. The molecule has 112 valence electrons. The summed E-state index contributed by atoms with van der Waals surface area (Å²) in [4.78, 5) is 11.5. The minimum absolute atomic E-state index is 0.000755. The first-order valence-electron chi connectivity index (χ1n) is 5.53. The van der Waals surface area contributed by atoms with Crippen molar-refractivity contribution in [1.82, 2.24) is 10.2 Å². The molecule has 0 radical (unpaired) electrons. The summed E-state index contributed by atoms with van der Waals surface area (Å²) < 4.78 is 31.6. The number of thiophene rings is 1. The van der Waals surface area contributed by atoms with Crippen LogP contribution in [0.15, 0.2) is 22.4 Å². The van der Waals surface area contributed by atoms with Gasteiger partial charge in [0.2, 0.25) is 0 Å². The van der Waals surface area contributed by atoms with Crippen molar-refractivity contribution >= 4 is 44.7 Å². The number of aryl methyl sites for hydroxylation is 1. The molecule has 0 saturated heterocycles. The largest absolute Gasteiger partial charge is 0.465 e. The third-order valence-corrected chi connectivity index (χ3v) is 5.38. The summed E-state index contributed by atoms with van der Waals surface area (Å²) >= 11 is 6.58. The van der Waals surface area contributed by atoms with Crippen LogP contribution < -0.4 is 4.72 Å². The number of sulfonamides is 1. The summed E-state index contributed by atoms with van der Waals surface area (Å²) in [6, 6.07) is 2.76. The van der Waals surface area contributed by atoms with Gasteiger partial charge in [-0.1, -0.05) is 11.6 Å². The number of hydrogen-bond donors (Lipinski definition) is 1. The highest BCUT2D eigenvalue weighted by molar-refractivity contribution is 7.93. The molecular formula is C11H10ClN3O4S2. The van der Waals surface area contributed by atoms with E-state index < -0.39 is 16.0 Å².